The van der Waals surface area contributed by atoms with Gasteiger partial charge in [-0.05, 0) is 43.9 Å². The number of fused-ring (bicyclic) bond motifs is 3. The van der Waals surface area contributed by atoms with E-state index < -0.39 is 11.9 Å². The molecule has 9 heteroatoms. The number of nitrogens with two attached hydrogens (primary N) is 1. The third-order valence-corrected chi connectivity index (χ3v) is 6.19. The minimum atomic E-state index is -0.974. The molecular formula is C21H22N6O3. The van der Waals surface area contributed by atoms with Gasteiger partial charge in [-0.15, -0.1) is 0 Å². The maximum atomic E-state index is 12.0. The highest BCUT2D eigenvalue weighted by Crippen LogP contribution is 2.40. The second-order valence-electron chi connectivity index (χ2n) is 7.97. The molecule has 0 aromatic carbocycles. The van der Waals surface area contributed by atoms with E-state index in [9.17, 15) is 9.59 Å². The predicted octanol–water partition coefficient (Wildman–Crippen LogP) is 2.37. The van der Waals surface area contributed by atoms with Crippen molar-refractivity contribution in [2.45, 2.75) is 43.8 Å². The third-order valence-electron chi connectivity index (χ3n) is 6.19. The highest BCUT2D eigenvalue weighted by molar-refractivity contribution is 6.06. The van der Waals surface area contributed by atoms with Gasteiger partial charge in [0, 0.05) is 42.1 Å². The zero-order valence-corrected chi connectivity index (χ0v) is 16.2. The first-order valence-electron chi connectivity index (χ1n) is 10.0. The fraction of sp³-hybridized carbons (Fsp3) is 0.333. The van der Waals surface area contributed by atoms with Gasteiger partial charge in [-0.1, -0.05) is 0 Å². The van der Waals surface area contributed by atoms with Gasteiger partial charge in [0.2, 0.25) is 0 Å². The lowest BCUT2D eigenvalue weighted by Crippen LogP contribution is -2.47. The van der Waals surface area contributed by atoms with Crippen LogP contribution in [0.15, 0.2) is 36.8 Å². The van der Waals surface area contributed by atoms with Crippen LogP contribution in [0.3, 0.4) is 0 Å². The summed E-state index contributed by atoms with van der Waals surface area (Å²) >= 11 is 0. The van der Waals surface area contributed by atoms with E-state index in [2.05, 4.69) is 25.2 Å². The van der Waals surface area contributed by atoms with Crippen molar-refractivity contribution in [3.05, 3.63) is 47.9 Å². The Morgan fingerprint density at radius 3 is 2.53 bits per heavy atom. The number of rotatable bonds is 5. The van der Waals surface area contributed by atoms with Crippen LogP contribution < -0.4 is 16.0 Å². The minimum Gasteiger partial charge on any atom is -0.478 e. The van der Waals surface area contributed by atoms with Crippen molar-refractivity contribution in [2.24, 2.45) is 5.73 Å². The molecule has 9 nitrogen and oxygen atoms in total. The molecule has 5 rings (SSSR count). The largest absolute Gasteiger partial charge is 0.478 e. The minimum absolute atomic E-state index is 0.190. The number of hydrogen-bond acceptors (Lipinski definition) is 6. The van der Waals surface area contributed by atoms with Crippen molar-refractivity contribution in [3.8, 4) is 0 Å². The standard InChI is InChI=1S/C21H22N6O3/c22-19(28)16-10-25-20-15(5-6-23-20)18(16)26-12-7-13-2-3-14(8-12)27(13)17-4-1-11(9-24-17)21(29)30/h1,4-6,9-10,12-14H,2-3,7-8H2,(H2,22,28)(H,29,30)(H2,23,25,26)/t12?,13-,14+. The van der Waals surface area contributed by atoms with Gasteiger partial charge >= 0.3 is 5.97 Å². The number of piperidine rings is 1. The molecule has 30 heavy (non-hydrogen) atoms. The molecule has 0 spiro atoms. The Hall–Kier alpha value is -3.62. The van der Waals surface area contributed by atoms with Gasteiger partial charge in [0.15, 0.2) is 0 Å². The summed E-state index contributed by atoms with van der Waals surface area (Å²) in [6.07, 6.45) is 8.64. The molecular weight excluding hydrogens is 384 g/mol. The van der Waals surface area contributed by atoms with E-state index in [1.807, 2.05) is 6.07 Å². The summed E-state index contributed by atoms with van der Waals surface area (Å²) in [5, 5.41) is 13.5. The molecule has 2 aliphatic rings. The fourth-order valence-electron chi connectivity index (χ4n) is 4.89. The first kappa shape index (κ1) is 18.4. The van der Waals surface area contributed by atoms with Crippen LogP contribution in [0, 0.1) is 0 Å². The second kappa shape index (κ2) is 7.01. The van der Waals surface area contributed by atoms with Crippen molar-refractivity contribution in [3.63, 3.8) is 0 Å². The average molecular weight is 406 g/mol. The molecule has 2 fully saturated rings. The molecule has 3 atom stereocenters. The van der Waals surface area contributed by atoms with Crippen molar-refractivity contribution < 1.29 is 14.7 Å². The number of carboxylic acids is 1. The lowest BCUT2D eigenvalue weighted by molar-refractivity contribution is 0.0696. The molecule has 154 valence electrons. The van der Waals surface area contributed by atoms with Crippen LogP contribution in [-0.4, -0.2) is 50.1 Å². The maximum absolute atomic E-state index is 12.0. The topological polar surface area (TPSA) is 137 Å². The molecule has 0 aliphatic carbocycles. The number of carbonyl (C=O) groups is 2. The predicted molar refractivity (Wildman–Crippen MR) is 112 cm³/mol. The van der Waals surface area contributed by atoms with Gasteiger partial charge < -0.3 is 26.0 Å². The summed E-state index contributed by atoms with van der Waals surface area (Å²) in [5.41, 5.74) is 7.62. The Kier molecular flexibility index (Phi) is 4.30. The van der Waals surface area contributed by atoms with Crippen molar-refractivity contribution in [1.82, 2.24) is 15.0 Å². The summed E-state index contributed by atoms with van der Waals surface area (Å²) in [5.74, 6) is -0.657. The van der Waals surface area contributed by atoms with Crippen LogP contribution in [0.1, 0.15) is 46.4 Å². The molecule has 5 N–H and O–H groups in total. The number of H-pyrrole nitrogens is 1. The van der Waals surface area contributed by atoms with Crippen molar-refractivity contribution in [2.75, 3.05) is 10.2 Å². The van der Waals surface area contributed by atoms with Crippen LogP contribution in [-0.2, 0) is 0 Å². The van der Waals surface area contributed by atoms with Gasteiger partial charge in [0.05, 0.1) is 16.8 Å². The molecule has 2 aliphatic heterocycles. The number of pyridine rings is 2. The summed E-state index contributed by atoms with van der Waals surface area (Å²) in [6.45, 7) is 0. The summed E-state index contributed by atoms with van der Waals surface area (Å²) in [4.78, 5) is 37.1. The van der Waals surface area contributed by atoms with Gasteiger partial charge in [-0.2, -0.15) is 0 Å². The number of hydrogen-bond donors (Lipinski definition) is 4. The van der Waals surface area contributed by atoms with E-state index in [0.717, 1.165) is 42.6 Å². The number of nitrogens with one attached hydrogen (secondary N) is 2. The third kappa shape index (κ3) is 3.02. The average Bonchev–Trinajstić information content (AvgIpc) is 3.31. The van der Waals surface area contributed by atoms with E-state index >= 15 is 0 Å². The number of aromatic nitrogens is 3. The van der Waals surface area contributed by atoms with Crippen LogP contribution in [0.25, 0.3) is 11.0 Å². The monoisotopic (exact) mass is 406 g/mol. The number of nitrogens with zero attached hydrogens (tertiary/aromatic N) is 3. The van der Waals surface area contributed by atoms with Gasteiger partial charge in [-0.3, -0.25) is 4.79 Å². The SMILES string of the molecule is NC(=O)c1cnc2[nH]ccc2c1NC1C[C@H]2CC[C@@H](C1)N2c1ccc(C(=O)O)cn1. The number of primary amides is 1. The first-order valence-corrected chi connectivity index (χ1v) is 10.0. The van der Waals surface area contributed by atoms with E-state index in [0.29, 0.717) is 23.3 Å². The summed E-state index contributed by atoms with van der Waals surface area (Å²) in [7, 11) is 0. The number of carbonyl (C=O) groups excluding carboxylic acids is 1. The zero-order valence-electron chi connectivity index (χ0n) is 16.2. The highest BCUT2D eigenvalue weighted by Gasteiger charge is 2.41. The molecule has 1 amide bonds. The Morgan fingerprint density at radius 2 is 1.90 bits per heavy atom. The van der Waals surface area contributed by atoms with Crippen LogP contribution >= 0.6 is 0 Å². The zero-order chi connectivity index (χ0) is 20.8. The molecule has 1 unspecified atom stereocenters. The fourth-order valence-corrected chi connectivity index (χ4v) is 4.89. The lowest BCUT2D eigenvalue weighted by Gasteiger charge is -2.40. The molecule has 0 saturated carbocycles. The molecule has 5 heterocycles. The first-order chi connectivity index (χ1) is 14.5. The molecule has 2 saturated heterocycles. The number of amides is 1. The Morgan fingerprint density at radius 1 is 1.13 bits per heavy atom. The number of aromatic amines is 1. The Labute approximate surface area is 172 Å². The van der Waals surface area contributed by atoms with Crippen molar-refractivity contribution in [1.29, 1.82) is 0 Å². The lowest BCUT2D eigenvalue weighted by atomic mass is 9.96. The van der Waals surface area contributed by atoms with Gasteiger partial charge in [-0.25, -0.2) is 14.8 Å². The van der Waals surface area contributed by atoms with E-state index in [-0.39, 0.29) is 11.6 Å². The van der Waals surface area contributed by atoms with E-state index in [4.69, 9.17) is 10.8 Å². The van der Waals surface area contributed by atoms with Crippen LogP contribution in [0.5, 0.6) is 0 Å². The highest BCUT2D eigenvalue weighted by atomic mass is 16.4. The second-order valence-corrected chi connectivity index (χ2v) is 7.97. The van der Waals surface area contributed by atoms with Crippen LogP contribution in [0.2, 0.25) is 0 Å². The Balaban J connectivity index is 1.39. The number of aromatic carboxylic acids is 1. The smallest absolute Gasteiger partial charge is 0.337 e. The molecule has 3 aromatic heterocycles. The maximum Gasteiger partial charge on any atom is 0.337 e. The van der Waals surface area contributed by atoms with E-state index in [1.165, 1.54) is 12.4 Å². The van der Waals surface area contributed by atoms with E-state index in [1.54, 1.807) is 18.3 Å². The number of anilines is 2. The molecule has 3 aromatic rings. The Bertz CT molecular complexity index is 1110. The number of carboxylic acid groups (broad SMARTS) is 1. The van der Waals surface area contributed by atoms with Gasteiger partial charge in [0.1, 0.15) is 11.5 Å². The van der Waals surface area contributed by atoms with Gasteiger partial charge in [0.25, 0.3) is 5.91 Å². The van der Waals surface area contributed by atoms with Crippen LogP contribution in [0.4, 0.5) is 11.5 Å². The van der Waals surface area contributed by atoms with Crippen molar-refractivity contribution >= 4 is 34.4 Å². The summed E-state index contributed by atoms with van der Waals surface area (Å²) < 4.78 is 0. The summed E-state index contributed by atoms with van der Waals surface area (Å²) in [6, 6.07) is 6.10. The normalized spacial score (nSPS) is 22.9. The molecule has 2 bridgehead atoms. The quantitative estimate of drug-likeness (QED) is 0.510. The molecule has 0 radical (unpaired) electrons.